The molecule has 1 unspecified atom stereocenters. The molecule has 3 nitrogen and oxygen atoms in total. The average Bonchev–Trinajstić information content (AvgIpc) is 2.71. The summed E-state index contributed by atoms with van der Waals surface area (Å²) in [6.07, 6.45) is 5.59. The minimum atomic E-state index is 0.404. The number of halogens is 1. The molecule has 1 N–H and O–H groups in total. The maximum absolute atomic E-state index is 4.19. The van der Waals surface area contributed by atoms with Crippen LogP contribution in [0.5, 0.6) is 0 Å². The second kappa shape index (κ2) is 4.45. The van der Waals surface area contributed by atoms with Crippen LogP contribution in [0.2, 0.25) is 0 Å². The van der Waals surface area contributed by atoms with Crippen LogP contribution in [-0.2, 0) is 12.8 Å². The fourth-order valence-electron chi connectivity index (χ4n) is 2.25. The number of benzene rings is 1. The van der Waals surface area contributed by atoms with Crippen molar-refractivity contribution in [3.05, 3.63) is 52.3 Å². The Morgan fingerprint density at radius 1 is 1.12 bits per heavy atom. The number of aromatic nitrogens is 2. The molecule has 86 valence electrons. The first-order chi connectivity index (χ1) is 8.31. The van der Waals surface area contributed by atoms with Gasteiger partial charge in [0.15, 0.2) is 0 Å². The molecule has 2 aromatic rings. The molecule has 0 saturated heterocycles. The largest absolute Gasteiger partial charge is 0.351 e. The van der Waals surface area contributed by atoms with E-state index < -0.39 is 0 Å². The molecule has 1 aromatic carbocycles. The molecule has 1 aliphatic rings. The summed E-state index contributed by atoms with van der Waals surface area (Å²) in [5.74, 6) is 0.712. The van der Waals surface area contributed by atoms with Gasteiger partial charge in [-0.2, -0.15) is 0 Å². The van der Waals surface area contributed by atoms with E-state index in [2.05, 4.69) is 49.4 Å². The third-order valence-electron chi connectivity index (χ3n) is 3.00. The number of anilines is 1. The lowest BCUT2D eigenvalue weighted by atomic mass is 10.1. The van der Waals surface area contributed by atoms with E-state index in [9.17, 15) is 0 Å². The number of nitrogens with one attached hydrogen (secondary N) is 1. The van der Waals surface area contributed by atoms with Crippen LogP contribution in [-0.4, -0.2) is 16.0 Å². The zero-order valence-corrected chi connectivity index (χ0v) is 10.8. The van der Waals surface area contributed by atoms with E-state index in [1.54, 1.807) is 12.4 Å². The maximum Gasteiger partial charge on any atom is 0.222 e. The van der Waals surface area contributed by atoms with E-state index in [1.165, 1.54) is 11.1 Å². The lowest BCUT2D eigenvalue weighted by Gasteiger charge is -2.10. The molecule has 0 bridgehead atoms. The van der Waals surface area contributed by atoms with Crippen LogP contribution >= 0.6 is 15.9 Å². The van der Waals surface area contributed by atoms with E-state index in [0.717, 1.165) is 17.3 Å². The predicted molar refractivity (Wildman–Crippen MR) is 71.0 cm³/mol. The van der Waals surface area contributed by atoms with Gasteiger partial charge in [-0.1, -0.05) is 22.0 Å². The molecule has 0 radical (unpaired) electrons. The van der Waals surface area contributed by atoms with Crippen molar-refractivity contribution in [2.75, 3.05) is 5.32 Å². The zero-order valence-electron chi connectivity index (χ0n) is 9.23. The number of fused-ring (bicyclic) bond motifs is 1. The predicted octanol–water partition coefficient (Wildman–Crippen LogP) is 2.82. The molecule has 0 aliphatic heterocycles. The van der Waals surface area contributed by atoms with Crippen LogP contribution < -0.4 is 5.32 Å². The van der Waals surface area contributed by atoms with Crippen molar-refractivity contribution in [2.45, 2.75) is 18.9 Å². The maximum atomic E-state index is 4.19. The van der Waals surface area contributed by atoms with Gasteiger partial charge in [-0.25, -0.2) is 9.97 Å². The Hall–Kier alpha value is -1.42. The average molecular weight is 290 g/mol. The second-order valence-corrected chi connectivity index (χ2v) is 5.15. The van der Waals surface area contributed by atoms with Gasteiger partial charge >= 0.3 is 0 Å². The molecule has 3 rings (SSSR count). The zero-order chi connectivity index (χ0) is 11.7. The number of hydrogen-bond acceptors (Lipinski definition) is 3. The van der Waals surface area contributed by atoms with Gasteiger partial charge in [0.25, 0.3) is 0 Å². The van der Waals surface area contributed by atoms with E-state index in [-0.39, 0.29) is 0 Å². The third-order valence-corrected chi connectivity index (χ3v) is 3.49. The quantitative estimate of drug-likeness (QED) is 0.924. The Balaban J connectivity index is 1.74. The summed E-state index contributed by atoms with van der Waals surface area (Å²) in [4.78, 5) is 8.38. The van der Waals surface area contributed by atoms with E-state index in [4.69, 9.17) is 0 Å². The Morgan fingerprint density at radius 3 is 2.71 bits per heavy atom. The molecule has 4 heteroatoms. The summed E-state index contributed by atoms with van der Waals surface area (Å²) in [6.45, 7) is 0. The number of nitrogens with zero attached hydrogens (tertiary/aromatic N) is 2. The summed E-state index contributed by atoms with van der Waals surface area (Å²) >= 11 is 3.51. The van der Waals surface area contributed by atoms with Crippen LogP contribution in [0.4, 0.5) is 5.95 Å². The van der Waals surface area contributed by atoms with Crippen molar-refractivity contribution in [1.82, 2.24) is 9.97 Å². The van der Waals surface area contributed by atoms with Gasteiger partial charge in [0.2, 0.25) is 5.95 Å². The topological polar surface area (TPSA) is 37.8 Å². The van der Waals surface area contributed by atoms with Gasteiger partial charge in [0.1, 0.15) is 0 Å². The normalized spacial score (nSPS) is 17.8. The summed E-state index contributed by atoms with van der Waals surface area (Å²) < 4.78 is 1.15. The SMILES string of the molecule is Brc1ccc2c(c1)CC(Nc1ncccn1)C2. The second-order valence-electron chi connectivity index (χ2n) is 4.23. The summed E-state index contributed by atoms with van der Waals surface area (Å²) in [6, 6.07) is 8.71. The van der Waals surface area contributed by atoms with Crippen molar-refractivity contribution in [3.63, 3.8) is 0 Å². The molecule has 1 atom stereocenters. The minimum Gasteiger partial charge on any atom is -0.351 e. The summed E-state index contributed by atoms with van der Waals surface area (Å²) in [5.41, 5.74) is 2.83. The number of rotatable bonds is 2. The van der Waals surface area contributed by atoms with Gasteiger partial charge in [-0.3, -0.25) is 0 Å². The van der Waals surface area contributed by atoms with Crippen LogP contribution in [0.15, 0.2) is 41.1 Å². The molecule has 0 saturated carbocycles. The van der Waals surface area contributed by atoms with Gasteiger partial charge in [0.05, 0.1) is 0 Å². The molecular formula is C13H12BrN3. The number of hydrogen-bond donors (Lipinski definition) is 1. The molecule has 1 aliphatic carbocycles. The van der Waals surface area contributed by atoms with Gasteiger partial charge in [-0.15, -0.1) is 0 Å². The van der Waals surface area contributed by atoms with Gasteiger partial charge < -0.3 is 5.32 Å². The highest BCUT2D eigenvalue weighted by atomic mass is 79.9. The van der Waals surface area contributed by atoms with Crippen LogP contribution in [0.25, 0.3) is 0 Å². The third kappa shape index (κ3) is 2.31. The van der Waals surface area contributed by atoms with Crippen molar-refractivity contribution in [2.24, 2.45) is 0 Å². The fraction of sp³-hybridized carbons (Fsp3) is 0.231. The monoisotopic (exact) mass is 289 g/mol. The van der Waals surface area contributed by atoms with E-state index in [0.29, 0.717) is 12.0 Å². The summed E-state index contributed by atoms with van der Waals surface area (Å²) in [7, 11) is 0. The van der Waals surface area contributed by atoms with Gasteiger partial charge in [0, 0.05) is 22.9 Å². The lowest BCUT2D eigenvalue weighted by molar-refractivity contribution is 0.761. The molecular weight excluding hydrogens is 278 g/mol. The van der Waals surface area contributed by atoms with Crippen LogP contribution in [0.3, 0.4) is 0 Å². The molecule has 17 heavy (non-hydrogen) atoms. The Bertz CT molecular complexity index is 527. The lowest BCUT2D eigenvalue weighted by Crippen LogP contribution is -2.20. The first kappa shape index (κ1) is 10.7. The first-order valence-electron chi connectivity index (χ1n) is 5.62. The minimum absolute atomic E-state index is 0.404. The molecule has 1 aromatic heterocycles. The van der Waals surface area contributed by atoms with Gasteiger partial charge in [-0.05, 0) is 42.2 Å². The molecule has 1 heterocycles. The Labute approximate surface area is 108 Å². The van der Waals surface area contributed by atoms with E-state index in [1.807, 2.05) is 6.07 Å². The Morgan fingerprint density at radius 2 is 1.88 bits per heavy atom. The highest BCUT2D eigenvalue weighted by molar-refractivity contribution is 9.10. The fourth-order valence-corrected chi connectivity index (χ4v) is 2.65. The molecule has 0 spiro atoms. The van der Waals surface area contributed by atoms with Crippen molar-refractivity contribution >= 4 is 21.9 Å². The first-order valence-corrected chi connectivity index (χ1v) is 6.41. The van der Waals surface area contributed by atoms with Crippen LogP contribution in [0.1, 0.15) is 11.1 Å². The summed E-state index contributed by atoms with van der Waals surface area (Å²) in [5, 5.41) is 3.37. The molecule has 0 fully saturated rings. The smallest absolute Gasteiger partial charge is 0.222 e. The molecule has 0 amide bonds. The van der Waals surface area contributed by atoms with Crippen molar-refractivity contribution in [3.8, 4) is 0 Å². The van der Waals surface area contributed by atoms with Crippen LogP contribution in [0, 0.1) is 0 Å². The standard InChI is InChI=1S/C13H12BrN3/c14-11-3-2-9-7-12(8-10(9)6-11)17-13-15-4-1-5-16-13/h1-6,12H,7-8H2,(H,15,16,17). The van der Waals surface area contributed by atoms with Crippen molar-refractivity contribution < 1.29 is 0 Å². The highest BCUT2D eigenvalue weighted by Gasteiger charge is 2.21. The van der Waals surface area contributed by atoms with E-state index >= 15 is 0 Å². The van der Waals surface area contributed by atoms with Crippen molar-refractivity contribution in [1.29, 1.82) is 0 Å². The highest BCUT2D eigenvalue weighted by Crippen LogP contribution is 2.26. The Kier molecular flexibility index (Phi) is 2.81.